The largest absolute Gasteiger partial charge is 0.378 e. The van der Waals surface area contributed by atoms with E-state index < -0.39 is 0 Å². The van der Waals surface area contributed by atoms with E-state index in [-0.39, 0.29) is 0 Å². The van der Waals surface area contributed by atoms with Gasteiger partial charge in [-0.2, -0.15) is 9.67 Å². The molecule has 1 aliphatic heterocycles. The molecule has 1 fully saturated rings. The van der Waals surface area contributed by atoms with Gasteiger partial charge in [-0.25, -0.2) is 0 Å². The lowest BCUT2D eigenvalue weighted by molar-refractivity contribution is 0.122. The third-order valence-electron chi connectivity index (χ3n) is 3.37. The van der Waals surface area contributed by atoms with Crippen molar-refractivity contribution in [2.24, 2.45) is 0 Å². The number of benzene rings is 1. The number of morpholine rings is 1. The van der Waals surface area contributed by atoms with Crippen LogP contribution in [-0.2, 0) is 4.74 Å². The van der Waals surface area contributed by atoms with Gasteiger partial charge in [0.15, 0.2) is 0 Å². The van der Waals surface area contributed by atoms with Crippen LogP contribution in [0.15, 0.2) is 18.2 Å². The first-order valence-corrected chi connectivity index (χ1v) is 6.77. The molecule has 1 aromatic carbocycles. The molecule has 0 spiro atoms. The van der Waals surface area contributed by atoms with Gasteiger partial charge in [0.1, 0.15) is 0 Å². The molecule has 0 bridgehead atoms. The van der Waals surface area contributed by atoms with Crippen LogP contribution < -0.4 is 10.6 Å². The van der Waals surface area contributed by atoms with Gasteiger partial charge in [0.25, 0.3) is 0 Å². The highest BCUT2D eigenvalue weighted by Gasteiger charge is 2.18. The maximum atomic E-state index is 6.01. The van der Waals surface area contributed by atoms with Gasteiger partial charge in [-0.1, -0.05) is 6.07 Å². The van der Waals surface area contributed by atoms with Crippen molar-refractivity contribution in [1.82, 2.24) is 14.8 Å². The first kappa shape index (κ1) is 12.9. The van der Waals surface area contributed by atoms with Gasteiger partial charge in [0.05, 0.1) is 18.9 Å². The van der Waals surface area contributed by atoms with Crippen LogP contribution in [0.4, 0.5) is 11.9 Å². The van der Waals surface area contributed by atoms with Crippen molar-refractivity contribution in [2.45, 2.75) is 13.8 Å². The molecule has 0 radical (unpaired) electrons. The van der Waals surface area contributed by atoms with Crippen LogP contribution in [0.2, 0.25) is 0 Å². The standard InChI is InChI=1S/C14H19N5O/c1-10-7-11(2)9-12(8-10)19-13(15)16-14(17-19)18-3-5-20-6-4-18/h7-9H,3-6H2,1-2H3,(H2,15,16,17). The molecular formula is C14H19N5O. The second-order valence-electron chi connectivity index (χ2n) is 5.13. The number of ether oxygens (including phenoxy) is 1. The molecule has 2 N–H and O–H groups in total. The summed E-state index contributed by atoms with van der Waals surface area (Å²) >= 11 is 0. The second kappa shape index (κ2) is 5.13. The first-order chi connectivity index (χ1) is 9.63. The van der Waals surface area contributed by atoms with Crippen molar-refractivity contribution in [3.8, 4) is 5.69 Å². The van der Waals surface area contributed by atoms with E-state index in [4.69, 9.17) is 10.5 Å². The molecule has 0 amide bonds. The maximum Gasteiger partial charge on any atom is 0.247 e. The SMILES string of the molecule is Cc1cc(C)cc(-n2nc(N3CCOCC3)nc2N)c1. The number of hydrogen-bond donors (Lipinski definition) is 1. The van der Waals surface area contributed by atoms with Gasteiger partial charge in [0.2, 0.25) is 11.9 Å². The van der Waals surface area contributed by atoms with Crippen molar-refractivity contribution in [1.29, 1.82) is 0 Å². The molecule has 6 heteroatoms. The van der Waals surface area contributed by atoms with E-state index in [1.54, 1.807) is 4.68 Å². The summed E-state index contributed by atoms with van der Waals surface area (Å²) < 4.78 is 7.04. The summed E-state index contributed by atoms with van der Waals surface area (Å²) in [5, 5.41) is 4.54. The van der Waals surface area contributed by atoms with E-state index in [0.717, 1.165) is 18.8 Å². The zero-order valence-electron chi connectivity index (χ0n) is 11.8. The fraction of sp³-hybridized carbons (Fsp3) is 0.429. The van der Waals surface area contributed by atoms with Gasteiger partial charge in [-0.05, 0) is 37.1 Å². The topological polar surface area (TPSA) is 69.2 Å². The molecule has 0 saturated carbocycles. The molecule has 6 nitrogen and oxygen atoms in total. The number of nitrogens with two attached hydrogens (primary N) is 1. The molecular weight excluding hydrogens is 254 g/mol. The van der Waals surface area contributed by atoms with Crippen molar-refractivity contribution in [3.63, 3.8) is 0 Å². The highest BCUT2D eigenvalue weighted by Crippen LogP contribution is 2.19. The van der Waals surface area contributed by atoms with E-state index in [9.17, 15) is 0 Å². The minimum Gasteiger partial charge on any atom is -0.378 e. The van der Waals surface area contributed by atoms with Crippen LogP contribution >= 0.6 is 0 Å². The van der Waals surface area contributed by atoms with Crippen LogP contribution in [0.3, 0.4) is 0 Å². The van der Waals surface area contributed by atoms with Crippen LogP contribution in [0, 0.1) is 13.8 Å². The monoisotopic (exact) mass is 273 g/mol. The molecule has 0 aliphatic carbocycles. The number of aromatic nitrogens is 3. The van der Waals surface area contributed by atoms with Gasteiger partial charge in [0, 0.05) is 13.1 Å². The molecule has 3 rings (SSSR count). The summed E-state index contributed by atoms with van der Waals surface area (Å²) in [6, 6.07) is 6.24. The first-order valence-electron chi connectivity index (χ1n) is 6.77. The number of hydrogen-bond acceptors (Lipinski definition) is 5. The fourth-order valence-corrected chi connectivity index (χ4v) is 2.47. The van der Waals surface area contributed by atoms with Crippen LogP contribution in [0.5, 0.6) is 0 Å². The summed E-state index contributed by atoms with van der Waals surface area (Å²) in [6.45, 7) is 7.14. The Labute approximate surface area is 118 Å². The lowest BCUT2D eigenvalue weighted by Crippen LogP contribution is -2.37. The molecule has 20 heavy (non-hydrogen) atoms. The molecule has 2 aromatic rings. The van der Waals surface area contributed by atoms with Crippen molar-refractivity contribution >= 4 is 11.9 Å². The predicted molar refractivity (Wildman–Crippen MR) is 78.3 cm³/mol. The average molecular weight is 273 g/mol. The summed E-state index contributed by atoms with van der Waals surface area (Å²) in [5.41, 5.74) is 9.33. The third-order valence-corrected chi connectivity index (χ3v) is 3.37. The number of nitrogen functional groups attached to an aromatic ring is 1. The number of aryl methyl sites for hydroxylation is 2. The van der Waals surface area contributed by atoms with Gasteiger partial charge in [-0.15, -0.1) is 5.10 Å². The quantitative estimate of drug-likeness (QED) is 0.893. The van der Waals surface area contributed by atoms with Crippen molar-refractivity contribution < 1.29 is 4.74 Å². The second-order valence-corrected chi connectivity index (χ2v) is 5.13. The van der Waals surface area contributed by atoms with E-state index in [1.165, 1.54) is 11.1 Å². The Morgan fingerprint density at radius 2 is 1.75 bits per heavy atom. The van der Waals surface area contributed by atoms with E-state index in [2.05, 4.69) is 47.0 Å². The van der Waals surface area contributed by atoms with Crippen molar-refractivity contribution in [2.75, 3.05) is 36.9 Å². The lowest BCUT2D eigenvalue weighted by Gasteiger charge is -2.25. The highest BCUT2D eigenvalue weighted by molar-refractivity contribution is 5.46. The maximum absolute atomic E-state index is 6.01. The Hall–Kier alpha value is -2.08. The van der Waals surface area contributed by atoms with Crippen LogP contribution in [-0.4, -0.2) is 41.1 Å². The average Bonchev–Trinajstić information content (AvgIpc) is 2.81. The van der Waals surface area contributed by atoms with Gasteiger partial charge in [-0.3, -0.25) is 0 Å². The summed E-state index contributed by atoms with van der Waals surface area (Å²) in [4.78, 5) is 6.47. The Morgan fingerprint density at radius 1 is 1.10 bits per heavy atom. The van der Waals surface area contributed by atoms with Crippen LogP contribution in [0.25, 0.3) is 5.69 Å². The zero-order valence-corrected chi connectivity index (χ0v) is 11.8. The number of nitrogens with zero attached hydrogens (tertiary/aromatic N) is 4. The Bertz CT molecular complexity index is 596. The summed E-state index contributed by atoms with van der Waals surface area (Å²) in [6.07, 6.45) is 0. The van der Waals surface area contributed by atoms with E-state index >= 15 is 0 Å². The summed E-state index contributed by atoms with van der Waals surface area (Å²) in [5.74, 6) is 1.08. The Balaban J connectivity index is 1.95. The minimum atomic E-state index is 0.413. The van der Waals surface area contributed by atoms with Crippen molar-refractivity contribution in [3.05, 3.63) is 29.3 Å². The van der Waals surface area contributed by atoms with E-state index in [0.29, 0.717) is 25.1 Å². The molecule has 0 unspecified atom stereocenters. The zero-order chi connectivity index (χ0) is 14.1. The molecule has 0 atom stereocenters. The summed E-state index contributed by atoms with van der Waals surface area (Å²) in [7, 11) is 0. The molecule has 2 heterocycles. The van der Waals surface area contributed by atoms with Crippen LogP contribution in [0.1, 0.15) is 11.1 Å². The fourth-order valence-electron chi connectivity index (χ4n) is 2.47. The minimum absolute atomic E-state index is 0.413. The number of anilines is 2. The molecule has 106 valence electrons. The number of rotatable bonds is 2. The Morgan fingerprint density at radius 3 is 2.40 bits per heavy atom. The lowest BCUT2D eigenvalue weighted by atomic mass is 10.1. The predicted octanol–water partition coefficient (Wildman–Crippen LogP) is 1.30. The Kier molecular flexibility index (Phi) is 3.31. The van der Waals surface area contributed by atoms with Gasteiger partial charge >= 0.3 is 0 Å². The molecule has 1 aromatic heterocycles. The third kappa shape index (κ3) is 2.46. The molecule has 1 saturated heterocycles. The highest BCUT2D eigenvalue weighted by atomic mass is 16.5. The smallest absolute Gasteiger partial charge is 0.247 e. The van der Waals surface area contributed by atoms with E-state index in [1.807, 2.05) is 0 Å². The normalized spacial score (nSPS) is 15.6. The van der Waals surface area contributed by atoms with Gasteiger partial charge < -0.3 is 15.4 Å². The molecule has 1 aliphatic rings.